The molecule has 5 nitrogen and oxygen atoms in total. The number of benzene rings is 1. The number of hydrogen-bond acceptors (Lipinski definition) is 4. The van der Waals surface area contributed by atoms with Crippen LogP contribution in [-0.4, -0.2) is 29.6 Å². The van der Waals surface area contributed by atoms with Crippen LogP contribution in [0.5, 0.6) is 5.75 Å². The van der Waals surface area contributed by atoms with E-state index in [0.717, 1.165) is 12.0 Å². The first kappa shape index (κ1) is 15.0. The van der Waals surface area contributed by atoms with Crippen molar-refractivity contribution < 1.29 is 19.4 Å². The molecule has 0 aliphatic carbocycles. The van der Waals surface area contributed by atoms with Crippen LogP contribution in [0.15, 0.2) is 18.2 Å². The normalized spacial score (nSPS) is 11.7. The fraction of sp³-hybridized carbons (Fsp3) is 0.429. The Hall–Kier alpha value is -2.04. The Morgan fingerprint density at radius 2 is 2.11 bits per heavy atom. The fourth-order valence-corrected chi connectivity index (χ4v) is 1.48. The number of esters is 1. The van der Waals surface area contributed by atoms with Crippen molar-refractivity contribution in [1.82, 2.24) is 5.32 Å². The van der Waals surface area contributed by atoms with E-state index >= 15 is 0 Å². The number of amides is 1. The first-order valence-electron chi connectivity index (χ1n) is 6.24. The molecule has 19 heavy (non-hydrogen) atoms. The molecule has 1 rings (SSSR count). The van der Waals surface area contributed by atoms with Crippen molar-refractivity contribution in [3.8, 4) is 5.75 Å². The van der Waals surface area contributed by atoms with Crippen molar-refractivity contribution in [3.63, 3.8) is 0 Å². The SMILES string of the molecule is CCCNC(=O)[C@H](C)OC(=O)c1cc(C)ccc1O. The van der Waals surface area contributed by atoms with E-state index in [9.17, 15) is 14.7 Å². The van der Waals surface area contributed by atoms with Crippen molar-refractivity contribution in [2.24, 2.45) is 0 Å². The standard InChI is InChI=1S/C14H19NO4/c1-4-7-15-13(17)10(3)19-14(18)11-8-9(2)5-6-12(11)16/h5-6,8,10,16H,4,7H2,1-3H3,(H,15,17)/t10-/m0/s1. The molecule has 0 saturated carbocycles. The fourth-order valence-electron chi connectivity index (χ4n) is 1.48. The quantitative estimate of drug-likeness (QED) is 0.796. The van der Waals surface area contributed by atoms with Crippen LogP contribution in [0.3, 0.4) is 0 Å². The molecule has 1 amide bonds. The van der Waals surface area contributed by atoms with Crippen molar-refractivity contribution in [1.29, 1.82) is 0 Å². The number of ether oxygens (including phenoxy) is 1. The third-order valence-electron chi connectivity index (χ3n) is 2.57. The minimum absolute atomic E-state index is 0.0649. The Bertz CT molecular complexity index is 471. The van der Waals surface area contributed by atoms with Crippen molar-refractivity contribution in [2.45, 2.75) is 33.3 Å². The summed E-state index contributed by atoms with van der Waals surface area (Å²) in [7, 11) is 0. The van der Waals surface area contributed by atoms with Gasteiger partial charge in [0.25, 0.3) is 5.91 Å². The number of phenolic OH excluding ortho intramolecular Hbond substituents is 1. The van der Waals surface area contributed by atoms with E-state index in [2.05, 4.69) is 5.32 Å². The summed E-state index contributed by atoms with van der Waals surface area (Å²) in [5, 5.41) is 12.2. The molecule has 1 aromatic carbocycles. The molecule has 5 heteroatoms. The Balaban J connectivity index is 2.68. The van der Waals surface area contributed by atoms with Crippen molar-refractivity contribution in [3.05, 3.63) is 29.3 Å². The maximum absolute atomic E-state index is 11.8. The molecule has 1 aromatic rings. The number of carbonyl (C=O) groups is 2. The Kier molecular flexibility index (Phi) is 5.36. The summed E-state index contributed by atoms with van der Waals surface area (Å²) in [4.78, 5) is 23.4. The summed E-state index contributed by atoms with van der Waals surface area (Å²) in [5.74, 6) is -1.21. The molecule has 0 aromatic heterocycles. The molecule has 0 fully saturated rings. The molecule has 0 bridgehead atoms. The van der Waals surface area contributed by atoms with Crippen molar-refractivity contribution in [2.75, 3.05) is 6.54 Å². The summed E-state index contributed by atoms with van der Waals surface area (Å²) < 4.78 is 5.02. The van der Waals surface area contributed by atoms with Crippen LogP contribution in [0.2, 0.25) is 0 Å². The number of rotatable bonds is 5. The molecule has 0 aliphatic heterocycles. The minimum Gasteiger partial charge on any atom is -0.507 e. The topological polar surface area (TPSA) is 75.6 Å². The van der Waals surface area contributed by atoms with Gasteiger partial charge in [-0.3, -0.25) is 4.79 Å². The summed E-state index contributed by atoms with van der Waals surface area (Å²) in [6, 6.07) is 4.63. The largest absolute Gasteiger partial charge is 0.507 e. The predicted molar refractivity (Wildman–Crippen MR) is 71.0 cm³/mol. The highest BCUT2D eigenvalue weighted by molar-refractivity contribution is 5.94. The van der Waals surface area contributed by atoms with E-state index in [0.29, 0.717) is 6.54 Å². The molecule has 0 spiro atoms. The number of carbonyl (C=O) groups excluding carboxylic acids is 2. The maximum atomic E-state index is 11.8. The molecular weight excluding hydrogens is 246 g/mol. The summed E-state index contributed by atoms with van der Waals surface area (Å²) in [5.41, 5.74) is 0.892. The summed E-state index contributed by atoms with van der Waals surface area (Å²) in [6.45, 7) is 5.77. The third kappa shape index (κ3) is 4.28. The molecule has 0 radical (unpaired) electrons. The lowest BCUT2D eigenvalue weighted by Gasteiger charge is -2.13. The smallest absolute Gasteiger partial charge is 0.342 e. The second-order valence-corrected chi connectivity index (χ2v) is 4.36. The first-order chi connectivity index (χ1) is 8.95. The third-order valence-corrected chi connectivity index (χ3v) is 2.57. The van der Waals surface area contributed by atoms with Crippen LogP contribution in [-0.2, 0) is 9.53 Å². The van der Waals surface area contributed by atoms with E-state index in [4.69, 9.17) is 4.74 Å². The number of aryl methyl sites for hydroxylation is 1. The Morgan fingerprint density at radius 1 is 1.42 bits per heavy atom. The highest BCUT2D eigenvalue weighted by Crippen LogP contribution is 2.19. The lowest BCUT2D eigenvalue weighted by molar-refractivity contribution is -0.129. The van der Waals surface area contributed by atoms with E-state index in [1.807, 2.05) is 6.92 Å². The second kappa shape index (κ2) is 6.78. The number of nitrogens with one attached hydrogen (secondary N) is 1. The maximum Gasteiger partial charge on any atom is 0.342 e. The van der Waals surface area contributed by atoms with Gasteiger partial charge in [-0.05, 0) is 32.4 Å². The Morgan fingerprint density at radius 3 is 2.74 bits per heavy atom. The van der Waals surface area contributed by atoms with Gasteiger partial charge in [0.2, 0.25) is 0 Å². The van der Waals surface area contributed by atoms with E-state index in [1.165, 1.54) is 19.1 Å². The van der Waals surface area contributed by atoms with Crippen LogP contribution in [0.25, 0.3) is 0 Å². The van der Waals surface area contributed by atoms with Crippen LogP contribution in [0, 0.1) is 6.92 Å². The van der Waals surface area contributed by atoms with E-state index < -0.39 is 12.1 Å². The second-order valence-electron chi connectivity index (χ2n) is 4.36. The average Bonchev–Trinajstić information content (AvgIpc) is 2.38. The van der Waals surface area contributed by atoms with Gasteiger partial charge in [-0.1, -0.05) is 18.6 Å². The van der Waals surface area contributed by atoms with Crippen molar-refractivity contribution >= 4 is 11.9 Å². The highest BCUT2D eigenvalue weighted by Gasteiger charge is 2.20. The van der Waals surface area contributed by atoms with Crippen LogP contribution >= 0.6 is 0 Å². The van der Waals surface area contributed by atoms with Gasteiger partial charge in [0.15, 0.2) is 6.10 Å². The molecule has 0 unspecified atom stereocenters. The predicted octanol–water partition coefficient (Wildman–Crippen LogP) is 1.77. The van der Waals surface area contributed by atoms with Gasteiger partial charge in [-0.2, -0.15) is 0 Å². The Labute approximate surface area is 112 Å². The summed E-state index contributed by atoms with van der Waals surface area (Å²) >= 11 is 0. The van der Waals surface area contributed by atoms with Crippen LogP contribution < -0.4 is 5.32 Å². The molecular formula is C14H19NO4. The number of aromatic hydroxyl groups is 1. The molecule has 2 N–H and O–H groups in total. The monoisotopic (exact) mass is 265 g/mol. The van der Waals surface area contributed by atoms with Gasteiger partial charge < -0.3 is 15.2 Å². The van der Waals surface area contributed by atoms with E-state index in [-0.39, 0.29) is 17.2 Å². The van der Waals surface area contributed by atoms with Crippen LogP contribution in [0.4, 0.5) is 0 Å². The van der Waals surface area contributed by atoms with E-state index in [1.54, 1.807) is 13.0 Å². The van der Waals surface area contributed by atoms with Crippen LogP contribution in [0.1, 0.15) is 36.2 Å². The zero-order chi connectivity index (χ0) is 14.4. The number of hydrogen-bond donors (Lipinski definition) is 2. The van der Waals surface area contributed by atoms with Gasteiger partial charge in [0.1, 0.15) is 11.3 Å². The lowest BCUT2D eigenvalue weighted by Crippen LogP contribution is -2.36. The highest BCUT2D eigenvalue weighted by atomic mass is 16.5. The average molecular weight is 265 g/mol. The minimum atomic E-state index is -0.890. The van der Waals surface area contributed by atoms with Gasteiger partial charge in [0, 0.05) is 6.54 Å². The van der Waals surface area contributed by atoms with Gasteiger partial charge in [-0.15, -0.1) is 0 Å². The van der Waals surface area contributed by atoms with Gasteiger partial charge in [0.05, 0.1) is 0 Å². The number of phenols is 1. The molecule has 104 valence electrons. The first-order valence-corrected chi connectivity index (χ1v) is 6.24. The lowest BCUT2D eigenvalue weighted by atomic mass is 10.1. The van der Waals surface area contributed by atoms with Gasteiger partial charge >= 0.3 is 5.97 Å². The zero-order valence-electron chi connectivity index (χ0n) is 11.4. The molecule has 0 aliphatic rings. The molecule has 0 saturated heterocycles. The van der Waals surface area contributed by atoms with Gasteiger partial charge in [-0.25, -0.2) is 4.79 Å². The summed E-state index contributed by atoms with van der Waals surface area (Å²) in [6.07, 6.45) is -0.0793. The zero-order valence-corrected chi connectivity index (χ0v) is 11.4. The molecule has 1 atom stereocenters. The molecule has 0 heterocycles.